The lowest BCUT2D eigenvalue weighted by Crippen LogP contribution is -2.46. The van der Waals surface area contributed by atoms with Crippen LogP contribution in [-0.2, 0) is 9.47 Å². The number of anilines is 1. The Balaban J connectivity index is 1.19. The molecule has 0 spiro atoms. The second-order valence-corrected chi connectivity index (χ2v) is 14.3. The highest BCUT2D eigenvalue weighted by atomic mass is 35.5. The van der Waals surface area contributed by atoms with Gasteiger partial charge in [-0.15, -0.1) is 0 Å². The first kappa shape index (κ1) is 32.4. The minimum Gasteiger partial charge on any atom is -0.462 e. The number of aromatic nitrogens is 5. The molecule has 1 amide bonds. The summed E-state index contributed by atoms with van der Waals surface area (Å²) in [5, 5.41) is 9.02. The Morgan fingerprint density at radius 2 is 2.10 bits per heavy atom. The lowest BCUT2D eigenvalue weighted by Gasteiger charge is -2.34. The molecule has 0 unspecified atom stereocenters. The molecule has 5 atom stereocenters. The molecule has 3 aromatic heterocycles. The molecular weight excluding hydrogens is 651 g/mol. The van der Waals surface area contributed by atoms with Crippen molar-refractivity contribution in [2.75, 3.05) is 51.0 Å². The summed E-state index contributed by atoms with van der Waals surface area (Å²) in [4.78, 5) is 30.3. The van der Waals surface area contributed by atoms with Crippen LogP contribution in [0.5, 0.6) is 6.01 Å². The number of fused-ring (bicyclic) bond motifs is 3. The Labute approximate surface area is 288 Å². The number of rotatable bonds is 10. The van der Waals surface area contributed by atoms with Crippen LogP contribution in [0.25, 0.3) is 33.1 Å². The van der Waals surface area contributed by atoms with Crippen molar-refractivity contribution in [3.05, 3.63) is 34.9 Å². The number of hydrogen-bond acceptors (Lipinski definition) is 10. The summed E-state index contributed by atoms with van der Waals surface area (Å²) in [6.07, 6.45) is 9.35. The van der Waals surface area contributed by atoms with E-state index in [4.69, 9.17) is 46.5 Å². The number of piperidine rings is 1. The summed E-state index contributed by atoms with van der Waals surface area (Å²) >= 11 is 6.93. The number of pyridine rings is 1. The van der Waals surface area contributed by atoms with Gasteiger partial charge in [0.2, 0.25) is 0 Å². The van der Waals surface area contributed by atoms with Crippen LogP contribution >= 0.6 is 11.6 Å². The molecule has 49 heavy (non-hydrogen) atoms. The average molecular weight is 693 g/mol. The number of primary amides is 1. The highest BCUT2D eigenvalue weighted by molar-refractivity contribution is 6.33. The zero-order valence-electron chi connectivity index (χ0n) is 27.7. The molecule has 1 aromatic carbocycles. The Morgan fingerprint density at radius 3 is 2.96 bits per heavy atom. The van der Waals surface area contributed by atoms with Crippen molar-refractivity contribution in [3.63, 3.8) is 0 Å². The van der Waals surface area contributed by atoms with Crippen molar-refractivity contribution in [2.45, 2.75) is 69.9 Å². The van der Waals surface area contributed by atoms with Gasteiger partial charge in [-0.3, -0.25) is 15.0 Å². The van der Waals surface area contributed by atoms with E-state index in [0.717, 1.165) is 82.3 Å². The third kappa shape index (κ3) is 6.25. The van der Waals surface area contributed by atoms with E-state index in [1.165, 1.54) is 0 Å². The number of aromatic amines is 1. The number of ether oxygens (including phenoxy) is 3. The van der Waals surface area contributed by atoms with E-state index in [-0.39, 0.29) is 41.7 Å². The largest absolute Gasteiger partial charge is 0.462 e. The van der Waals surface area contributed by atoms with Crippen LogP contribution in [0.3, 0.4) is 0 Å². The van der Waals surface area contributed by atoms with Gasteiger partial charge in [0.05, 0.1) is 36.9 Å². The molecule has 0 bridgehead atoms. The van der Waals surface area contributed by atoms with E-state index < -0.39 is 11.9 Å². The lowest BCUT2D eigenvalue weighted by atomic mass is 9.94. The molecule has 260 valence electrons. The van der Waals surface area contributed by atoms with Gasteiger partial charge in [0.1, 0.15) is 23.6 Å². The third-order valence-electron chi connectivity index (χ3n) is 11.0. The summed E-state index contributed by atoms with van der Waals surface area (Å²) in [7, 11) is 0. The van der Waals surface area contributed by atoms with Gasteiger partial charge in [0, 0.05) is 53.9 Å². The normalized spacial score (nSPS) is 25.5. The summed E-state index contributed by atoms with van der Waals surface area (Å²) in [5.74, 6) is 0.863. The molecule has 8 rings (SSSR count). The molecule has 1 saturated carbocycles. The number of carbonyl (C=O) groups excluding carboxylic acids is 1. The van der Waals surface area contributed by atoms with Crippen molar-refractivity contribution in [1.82, 2.24) is 30.0 Å². The van der Waals surface area contributed by atoms with Gasteiger partial charge in [-0.25, -0.2) is 9.18 Å². The smallest absolute Gasteiger partial charge is 0.404 e. The first-order valence-electron chi connectivity index (χ1n) is 17.5. The molecule has 14 heteroatoms. The number of nitrogens with two attached hydrogens (primary N) is 1. The highest BCUT2D eigenvalue weighted by Gasteiger charge is 2.42. The molecule has 12 nitrogen and oxygen atoms in total. The van der Waals surface area contributed by atoms with E-state index >= 15 is 4.39 Å². The molecule has 1 aliphatic carbocycles. The van der Waals surface area contributed by atoms with E-state index in [2.05, 4.69) is 26.9 Å². The summed E-state index contributed by atoms with van der Waals surface area (Å²) < 4.78 is 34.2. The minimum absolute atomic E-state index is 0.0322. The van der Waals surface area contributed by atoms with E-state index in [1.54, 1.807) is 12.4 Å². The predicted octanol–water partition coefficient (Wildman–Crippen LogP) is 5.82. The first-order valence-corrected chi connectivity index (χ1v) is 17.9. The summed E-state index contributed by atoms with van der Waals surface area (Å²) in [6, 6.07) is 2.64. The number of nitrogens with one attached hydrogen (secondary N) is 1. The fourth-order valence-electron chi connectivity index (χ4n) is 8.31. The quantitative estimate of drug-likeness (QED) is 0.209. The van der Waals surface area contributed by atoms with Crippen LogP contribution in [0.4, 0.5) is 15.0 Å². The first-order chi connectivity index (χ1) is 23.9. The number of H-pyrrole nitrogens is 1. The van der Waals surface area contributed by atoms with Crippen molar-refractivity contribution in [2.24, 2.45) is 17.6 Å². The maximum atomic E-state index is 17.2. The van der Waals surface area contributed by atoms with Crippen LogP contribution < -0.4 is 15.4 Å². The number of hydrogen-bond donors (Lipinski definition) is 2. The van der Waals surface area contributed by atoms with Gasteiger partial charge in [-0.1, -0.05) is 24.9 Å². The SMILES string of the molecule is CC[C@@H]1CCCN(c2nc(OC[C@H]3CC[C@@H]4COCCN43)nc3c(F)c(-c4c([C@H]5C[C@H]5CCOC(N)=O)c(Cl)cc5[nH]ncc45)ncc23)C1. The number of amides is 1. The standard InChI is InChI=1S/C35H42ClFN8O4/c1-2-19-4-3-8-44(16-19)33-25-14-39-32(30(37)31(25)41-35(42-33)49-18-22-6-5-21-17-47-11-9-45(21)22)29-24-15-40-43-27(24)13-26(36)28(29)23-12-20(23)7-10-48-34(38)46/h13-15,19-23H,2-12,16-18H2,1H3,(H2,38,46)(H,40,43)/t19-,20-,21-,22-,23+/m1/s1. The second-order valence-electron chi connectivity index (χ2n) is 13.9. The number of benzene rings is 1. The van der Waals surface area contributed by atoms with Crippen molar-refractivity contribution in [3.8, 4) is 17.3 Å². The number of carbonyl (C=O) groups is 1. The lowest BCUT2D eigenvalue weighted by molar-refractivity contribution is -0.0101. The second kappa shape index (κ2) is 13.5. The summed E-state index contributed by atoms with van der Waals surface area (Å²) in [5.41, 5.74) is 7.58. The van der Waals surface area contributed by atoms with E-state index in [9.17, 15) is 4.79 Å². The van der Waals surface area contributed by atoms with Gasteiger partial charge >= 0.3 is 12.1 Å². The third-order valence-corrected chi connectivity index (χ3v) is 11.3. The zero-order chi connectivity index (χ0) is 33.6. The van der Waals surface area contributed by atoms with Crippen molar-refractivity contribution in [1.29, 1.82) is 0 Å². The summed E-state index contributed by atoms with van der Waals surface area (Å²) in [6.45, 7) is 6.85. The van der Waals surface area contributed by atoms with Gasteiger partial charge in [0.25, 0.3) is 0 Å². The topological polar surface area (TPSA) is 145 Å². The molecule has 6 heterocycles. The Morgan fingerprint density at radius 1 is 1.20 bits per heavy atom. The average Bonchev–Trinajstić information content (AvgIpc) is 3.49. The zero-order valence-corrected chi connectivity index (χ0v) is 28.4. The molecule has 4 aromatic rings. The van der Waals surface area contributed by atoms with Gasteiger partial charge in [-0.2, -0.15) is 15.1 Å². The molecule has 0 radical (unpaired) electrons. The van der Waals surface area contributed by atoms with E-state index in [0.29, 0.717) is 52.3 Å². The van der Waals surface area contributed by atoms with E-state index in [1.807, 2.05) is 6.07 Å². The predicted molar refractivity (Wildman–Crippen MR) is 183 cm³/mol. The minimum atomic E-state index is -0.800. The van der Waals surface area contributed by atoms with Gasteiger partial charge in [-0.05, 0) is 67.9 Å². The van der Waals surface area contributed by atoms with Gasteiger partial charge < -0.3 is 24.8 Å². The maximum absolute atomic E-state index is 17.2. The van der Waals surface area contributed by atoms with Crippen LogP contribution in [0, 0.1) is 17.7 Å². The van der Waals surface area contributed by atoms with Crippen LogP contribution in [0.15, 0.2) is 18.5 Å². The number of nitrogens with zero attached hydrogens (tertiary/aromatic N) is 6. The monoisotopic (exact) mass is 692 g/mol. The Kier molecular flexibility index (Phi) is 8.91. The molecule has 4 fully saturated rings. The molecular formula is C35H42ClFN8O4. The highest BCUT2D eigenvalue weighted by Crippen LogP contribution is 2.55. The van der Waals surface area contributed by atoms with Crippen molar-refractivity contribution < 1.29 is 23.4 Å². The van der Waals surface area contributed by atoms with Crippen molar-refractivity contribution >= 4 is 45.3 Å². The molecule has 3 aliphatic heterocycles. The van der Waals surface area contributed by atoms with Crippen LogP contribution in [0.1, 0.15) is 63.4 Å². The Hall–Kier alpha value is -3.81. The van der Waals surface area contributed by atoms with Gasteiger partial charge in [0.15, 0.2) is 5.82 Å². The molecule has 4 aliphatic rings. The van der Waals surface area contributed by atoms with Crippen LogP contribution in [-0.4, -0.2) is 94.3 Å². The fourth-order valence-corrected chi connectivity index (χ4v) is 8.66. The number of morpholine rings is 1. The number of halogens is 2. The molecule has 3 saturated heterocycles. The maximum Gasteiger partial charge on any atom is 0.404 e. The molecule has 3 N–H and O–H groups in total. The Bertz CT molecular complexity index is 1870. The van der Waals surface area contributed by atoms with Crippen LogP contribution in [0.2, 0.25) is 5.02 Å². The fraction of sp³-hybridized carbons (Fsp3) is 0.571.